The van der Waals surface area contributed by atoms with Crippen LogP contribution in [0, 0.1) is 0 Å². The average Bonchev–Trinajstić information content (AvgIpc) is 2.98. The Hall–Kier alpha value is -1.38. The number of carbonyl (C=O) groups excluding carboxylic acids is 1. The molecule has 0 spiro atoms. The summed E-state index contributed by atoms with van der Waals surface area (Å²) in [6, 6.07) is 1.63. The molecule has 134 valence electrons. The second-order valence-electron chi connectivity index (χ2n) is 6.69. The summed E-state index contributed by atoms with van der Waals surface area (Å²) in [4.78, 5) is 14.8. The predicted octanol–water partition coefficient (Wildman–Crippen LogP) is 0.634. The highest BCUT2D eigenvalue weighted by molar-refractivity contribution is 7.89. The lowest BCUT2D eigenvalue weighted by Crippen LogP contribution is -2.52. The molecule has 3 heterocycles. The lowest BCUT2D eigenvalue weighted by molar-refractivity contribution is 0.0646. The lowest BCUT2D eigenvalue weighted by atomic mass is 10.2. The van der Waals surface area contributed by atoms with Gasteiger partial charge in [-0.2, -0.15) is 4.31 Å². The van der Waals surface area contributed by atoms with Crippen molar-refractivity contribution in [3.05, 3.63) is 18.0 Å². The number of piperazine rings is 1. The van der Waals surface area contributed by atoms with Crippen LogP contribution in [0.25, 0.3) is 0 Å². The Bertz CT molecular complexity index is 707. The van der Waals surface area contributed by atoms with Crippen LogP contribution in [-0.4, -0.2) is 66.9 Å². The standard InChI is InChI=1S/C16H26N4O3S/c1-13-11-17-6-9-20(13)16(21)15-10-14(12-18(15)2)24(22,23)19-7-4-3-5-8-19/h10,12-13,17H,3-9,11H2,1-2H3. The van der Waals surface area contributed by atoms with Crippen LogP contribution in [0.5, 0.6) is 0 Å². The molecule has 2 aliphatic rings. The van der Waals surface area contributed by atoms with Crippen LogP contribution in [0.2, 0.25) is 0 Å². The van der Waals surface area contributed by atoms with E-state index in [9.17, 15) is 13.2 Å². The third kappa shape index (κ3) is 3.22. The van der Waals surface area contributed by atoms with Gasteiger partial charge in [-0.15, -0.1) is 0 Å². The molecule has 0 bridgehead atoms. The van der Waals surface area contributed by atoms with Crippen LogP contribution in [0.4, 0.5) is 0 Å². The highest BCUT2D eigenvalue weighted by atomic mass is 32.2. The molecule has 1 unspecified atom stereocenters. The number of aryl methyl sites for hydroxylation is 1. The molecule has 1 amide bonds. The molecule has 7 nitrogen and oxygen atoms in total. The number of hydrogen-bond donors (Lipinski definition) is 1. The second-order valence-corrected chi connectivity index (χ2v) is 8.63. The molecule has 0 aliphatic carbocycles. The molecule has 3 rings (SSSR count). The zero-order valence-electron chi connectivity index (χ0n) is 14.4. The van der Waals surface area contributed by atoms with E-state index in [0.29, 0.717) is 25.3 Å². The van der Waals surface area contributed by atoms with Crippen molar-refractivity contribution in [2.45, 2.75) is 37.1 Å². The Morgan fingerprint density at radius 3 is 2.58 bits per heavy atom. The number of amides is 1. The molecule has 0 radical (unpaired) electrons. The van der Waals surface area contributed by atoms with Crippen molar-refractivity contribution in [3.63, 3.8) is 0 Å². The summed E-state index contributed by atoms with van der Waals surface area (Å²) in [5, 5.41) is 3.25. The van der Waals surface area contributed by atoms with Gasteiger partial charge in [0.25, 0.3) is 5.91 Å². The number of sulfonamides is 1. The maximum Gasteiger partial charge on any atom is 0.270 e. The maximum atomic E-state index is 12.8. The van der Waals surface area contributed by atoms with Crippen LogP contribution in [-0.2, 0) is 17.1 Å². The van der Waals surface area contributed by atoms with Gasteiger partial charge in [0.1, 0.15) is 10.6 Å². The number of nitrogens with one attached hydrogen (secondary N) is 1. The Labute approximate surface area is 143 Å². The normalized spacial score (nSPS) is 23.4. The van der Waals surface area contributed by atoms with Gasteiger partial charge in [0.05, 0.1) is 0 Å². The van der Waals surface area contributed by atoms with Crippen LogP contribution in [0.1, 0.15) is 36.7 Å². The Morgan fingerprint density at radius 2 is 1.92 bits per heavy atom. The van der Waals surface area contributed by atoms with Gasteiger partial charge in [-0.25, -0.2) is 8.42 Å². The van der Waals surface area contributed by atoms with Crippen molar-refractivity contribution < 1.29 is 13.2 Å². The first-order chi connectivity index (χ1) is 11.4. The van der Waals surface area contributed by atoms with Crippen molar-refractivity contribution in [1.82, 2.24) is 19.1 Å². The number of hydrogen-bond acceptors (Lipinski definition) is 4. The monoisotopic (exact) mass is 354 g/mol. The van der Waals surface area contributed by atoms with Crippen molar-refractivity contribution in [3.8, 4) is 0 Å². The smallest absolute Gasteiger partial charge is 0.270 e. The van der Waals surface area contributed by atoms with Gasteiger partial charge in [0.2, 0.25) is 10.0 Å². The van der Waals surface area contributed by atoms with Gasteiger partial charge in [-0.1, -0.05) is 6.42 Å². The molecular formula is C16H26N4O3S. The minimum atomic E-state index is -3.51. The van der Waals surface area contributed by atoms with E-state index in [2.05, 4.69) is 5.32 Å². The zero-order valence-corrected chi connectivity index (χ0v) is 15.2. The quantitative estimate of drug-likeness (QED) is 0.864. The molecule has 1 N–H and O–H groups in total. The lowest BCUT2D eigenvalue weighted by Gasteiger charge is -2.34. The molecule has 1 aromatic heterocycles. The highest BCUT2D eigenvalue weighted by Crippen LogP contribution is 2.23. The molecule has 0 aromatic carbocycles. The highest BCUT2D eigenvalue weighted by Gasteiger charge is 2.31. The van der Waals surface area contributed by atoms with Crippen molar-refractivity contribution >= 4 is 15.9 Å². The van der Waals surface area contributed by atoms with E-state index >= 15 is 0 Å². The Kier molecular flexibility index (Phi) is 4.98. The minimum absolute atomic E-state index is 0.100. The third-order valence-corrected chi connectivity index (χ3v) is 6.78. The Morgan fingerprint density at radius 1 is 1.21 bits per heavy atom. The molecule has 8 heteroatoms. The van der Waals surface area contributed by atoms with Crippen molar-refractivity contribution in [2.24, 2.45) is 7.05 Å². The van der Waals surface area contributed by atoms with Gasteiger partial charge in [0, 0.05) is 52.0 Å². The predicted molar refractivity (Wildman–Crippen MR) is 91.4 cm³/mol. The number of piperidine rings is 1. The molecule has 2 saturated heterocycles. The number of rotatable bonds is 3. The Balaban J connectivity index is 1.85. The fourth-order valence-electron chi connectivity index (χ4n) is 3.43. The van der Waals surface area contributed by atoms with Gasteiger partial charge >= 0.3 is 0 Å². The van der Waals surface area contributed by atoms with E-state index < -0.39 is 10.0 Å². The fraction of sp³-hybridized carbons (Fsp3) is 0.688. The molecule has 24 heavy (non-hydrogen) atoms. The molecule has 1 atom stereocenters. The first-order valence-electron chi connectivity index (χ1n) is 8.59. The SMILES string of the molecule is CC1CNCCN1C(=O)c1cc(S(=O)(=O)N2CCCCC2)cn1C. The molecule has 0 saturated carbocycles. The van der Waals surface area contributed by atoms with Gasteiger partial charge < -0.3 is 14.8 Å². The summed E-state index contributed by atoms with van der Waals surface area (Å²) < 4.78 is 28.8. The summed E-state index contributed by atoms with van der Waals surface area (Å²) in [5.41, 5.74) is 0.430. The minimum Gasteiger partial charge on any atom is -0.345 e. The van der Waals surface area contributed by atoms with E-state index in [1.807, 2.05) is 11.8 Å². The number of nitrogens with zero attached hydrogens (tertiary/aromatic N) is 3. The fourth-order valence-corrected chi connectivity index (χ4v) is 5.02. The van der Waals surface area contributed by atoms with Gasteiger partial charge in [0.15, 0.2) is 0 Å². The van der Waals surface area contributed by atoms with Crippen molar-refractivity contribution in [1.29, 1.82) is 0 Å². The largest absolute Gasteiger partial charge is 0.345 e. The molecule has 2 fully saturated rings. The summed E-state index contributed by atoms with van der Waals surface area (Å²) in [5.74, 6) is -0.105. The first-order valence-corrected chi connectivity index (χ1v) is 10.0. The van der Waals surface area contributed by atoms with Crippen LogP contribution >= 0.6 is 0 Å². The molecule has 1 aromatic rings. The molecule has 2 aliphatic heterocycles. The second kappa shape index (κ2) is 6.85. The summed E-state index contributed by atoms with van der Waals surface area (Å²) in [6.45, 7) is 5.29. The zero-order chi connectivity index (χ0) is 17.3. The average molecular weight is 354 g/mol. The third-order valence-electron chi connectivity index (χ3n) is 4.91. The summed E-state index contributed by atoms with van der Waals surface area (Å²) in [7, 11) is -1.78. The first kappa shape index (κ1) is 17.4. The summed E-state index contributed by atoms with van der Waals surface area (Å²) >= 11 is 0. The van der Waals surface area contributed by atoms with Gasteiger partial charge in [-0.3, -0.25) is 4.79 Å². The van der Waals surface area contributed by atoms with Crippen LogP contribution in [0.3, 0.4) is 0 Å². The number of carbonyl (C=O) groups is 1. The van der Waals surface area contributed by atoms with Crippen molar-refractivity contribution in [2.75, 3.05) is 32.7 Å². The summed E-state index contributed by atoms with van der Waals surface area (Å²) in [6.07, 6.45) is 4.43. The topological polar surface area (TPSA) is 74.7 Å². The van der Waals surface area contributed by atoms with Gasteiger partial charge in [-0.05, 0) is 25.8 Å². The van der Waals surface area contributed by atoms with E-state index in [1.54, 1.807) is 17.8 Å². The van der Waals surface area contributed by atoms with E-state index in [-0.39, 0.29) is 16.8 Å². The van der Waals surface area contributed by atoms with Crippen LogP contribution in [0.15, 0.2) is 17.2 Å². The van der Waals surface area contributed by atoms with E-state index in [4.69, 9.17) is 0 Å². The maximum absolute atomic E-state index is 12.8. The van der Waals surface area contributed by atoms with E-state index in [0.717, 1.165) is 32.4 Å². The number of aromatic nitrogens is 1. The van der Waals surface area contributed by atoms with E-state index in [1.165, 1.54) is 10.4 Å². The van der Waals surface area contributed by atoms with Crippen LogP contribution < -0.4 is 5.32 Å². The molecular weight excluding hydrogens is 328 g/mol.